The molecule has 2 N–H and O–H groups in total. The Morgan fingerprint density at radius 2 is 1.81 bits per heavy atom. The fraction of sp³-hybridized carbons (Fsp3) is 0.357. The lowest BCUT2D eigenvalue weighted by Gasteiger charge is -2.33. The minimum atomic E-state index is -0.758. The van der Waals surface area contributed by atoms with Crippen LogP contribution in [0.25, 0.3) is 0 Å². The molecular weight excluding hydrogens is 560 g/mol. The molecule has 1 aliphatic rings. The molecule has 1 aromatic heterocycles. The quantitative estimate of drug-likeness (QED) is 0.306. The second-order valence-corrected chi connectivity index (χ2v) is 12.5. The summed E-state index contributed by atoms with van der Waals surface area (Å²) in [6, 6.07) is 14.4. The van der Waals surface area contributed by atoms with Gasteiger partial charge in [-0.25, -0.2) is 0 Å². The molecule has 4 rings (SSSR count). The smallest absolute Gasteiger partial charge is 0.265 e. The van der Waals surface area contributed by atoms with Gasteiger partial charge in [-0.15, -0.1) is 11.3 Å². The van der Waals surface area contributed by atoms with Crippen LogP contribution in [0.1, 0.15) is 54.9 Å². The standard InChI is InChI=1S/C28H30BrClN2O3S/c1-16(35-19-12-10-18(30)11-13-19)25(33)32-27-24(26(34)31-22-8-6-5-7-21(22)29)20-14-9-17(28(2,3)4)15-23(20)36-27/h5-8,10-13,16-17H,9,14-15H2,1-4H3,(H,31,34)(H,32,33). The number of carbonyl (C=O) groups excluding carboxylic acids is 2. The lowest BCUT2D eigenvalue weighted by Crippen LogP contribution is -2.30. The van der Waals surface area contributed by atoms with Crippen molar-refractivity contribution in [2.24, 2.45) is 11.3 Å². The summed E-state index contributed by atoms with van der Waals surface area (Å²) in [5, 5.41) is 7.17. The van der Waals surface area contributed by atoms with Crippen molar-refractivity contribution < 1.29 is 14.3 Å². The van der Waals surface area contributed by atoms with Gasteiger partial charge in [0.25, 0.3) is 11.8 Å². The first-order valence-corrected chi connectivity index (χ1v) is 13.9. The molecule has 3 aromatic rings. The third-order valence-corrected chi connectivity index (χ3v) is 8.68. The second kappa shape index (κ2) is 11.0. The molecule has 2 aromatic carbocycles. The van der Waals surface area contributed by atoms with Crippen molar-refractivity contribution in [3.63, 3.8) is 0 Å². The van der Waals surface area contributed by atoms with Gasteiger partial charge in [-0.1, -0.05) is 44.5 Å². The van der Waals surface area contributed by atoms with Crippen LogP contribution in [-0.4, -0.2) is 17.9 Å². The number of ether oxygens (including phenoxy) is 1. The van der Waals surface area contributed by atoms with Gasteiger partial charge in [0, 0.05) is 14.4 Å². The number of halogens is 2. The average molecular weight is 590 g/mol. The second-order valence-electron chi connectivity index (χ2n) is 10.2. The predicted octanol–water partition coefficient (Wildman–Crippen LogP) is 7.97. The maximum absolute atomic E-state index is 13.6. The number of para-hydroxylation sites is 1. The lowest BCUT2D eigenvalue weighted by atomic mass is 9.72. The van der Waals surface area contributed by atoms with Gasteiger partial charge >= 0.3 is 0 Å². The van der Waals surface area contributed by atoms with Crippen LogP contribution in [0.4, 0.5) is 10.7 Å². The Kier molecular flexibility index (Phi) is 8.12. The third-order valence-electron chi connectivity index (χ3n) is 6.57. The maximum Gasteiger partial charge on any atom is 0.265 e. The van der Waals surface area contributed by atoms with E-state index in [1.54, 1.807) is 31.2 Å². The van der Waals surface area contributed by atoms with Crippen LogP contribution in [0.15, 0.2) is 53.0 Å². The largest absolute Gasteiger partial charge is 0.481 e. The highest BCUT2D eigenvalue weighted by Crippen LogP contribution is 2.44. The average Bonchev–Trinajstić information content (AvgIpc) is 3.18. The van der Waals surface area contributed by atoms with Crippen molar-refractivity contribution >= 4 is 61.4 Å². The molecule has 2 atom stereocenters. The summed E-state index contributed by atoms with van der Waals surface area (Å²) in [7, 11) is 0. The van der Waals surface area contributed by atoms with Crippen LogP contribution in [0, 0.1) is 11.3 Å². The molecule has 0 fully saturated rings. The van der Waals surface area contributed by atoms with E-state index in [1.165, 1.54) is 16.2 Å². The zero-order valence-corrected chi connectivity index (χ0v) is 23.9. The molecule has 1 heterocycles. The van der Waals surface area contributed by atoms with E-state index in [1.807, 2.05) is 24.3 Å². The molecule has 5 nitrogen and oxygen atoms in total. The molecule has 0 radical (unpaired) electrons. The van der Waals surface area contributed by atoms with E-state index in [4.69, 9.17) is 16.3 Å². The van der Waals surface area contributed by atoms with Crippen molar-refractivity contribution in [2.45, 2.75) is 53.1 Å². The van der Waals surface area contributed by atoms with E-state index in [-0.39, 0.29) is 17.2 Å². The zero-order valence-electron chi connectivity index (χ0n) is 20.8. The highest BCUT2D eigenvalue weighted by Gasteiger charge is 2.34. The molecule has 8 heteroatoms. The Labute approximate surface area is 229 Å². The van der Waals surface area contributed by atoms with Gasteiger partial charge in [0.1, 0.15) is 10.8 Å². The van der Waals surface area contributed by atoms with Crippen LogP contribution in [0.5, 0.6) is 5.75 Å². The van der Waals surface area contributed by atoms with E-state index < -0.39 is 6.10 Å². The van der Waals surface area contributed by atoms with E-state index in [0.29, 0.717) is 32.9 Å². The van der Waals surface area contributed by atoms with Crippen molar-refractivity contribution in [2.75, 3.05) is 10.6 Å². The van der Waals surface area contributed by atoms with Crippen molar-refractivity contribution in [1.82, 2.24) is 0 Å². The number of hydrogen-bond donors (Lipinski definition) is 2. The minimum absolute atomic E-state index is 0.170. The molecule has 2 amide bonds. The van der Waals surface area contributed by atoms with Gasteiger partial charge in [-0.3, -0.25) is 9.59 Å². The number of benzene rings is 2. The van der Waals surface area contributed by atoms with E-state index in [9.17, 15) is 9.59 Å². The molecule has 2 unspecified atom stereocenters. The van der Waals surface area contributed by atoms with Gasteiger partial charge < -0.3 is 15.4 Å². The van der Waals surface area contributed by atoms with E-state index >= 15 is 0 Å². The molecule has 0 aliphatic heterocycles. The lowest BCUT2D eigenvalue weighted by molar-refractivity contribution is -0.122. The number of carbonyl (C=O) groups is 2. The first kappa shape index (κ1) is 26.7. The fourth-order valence-electron chi connectivity index (χ4n) is 4.39. The highest BCUT2D eigenvalue weighted by atomic mass is 79.9. The topological polar surface area (TPSA) is 67.4 Å². The Morgan fingerprint density at radius 3 is 2.47 bits per heavy atom. The Bertz CT molecular complexity index is 1270. The summed E-state index contributed by atoms with van der Waals surface area (Å²) in [5.74, 6) is 0.520. The number of hydrogen-bond acceptors (Lipinski definition) is 4. The first-order chi connectivity index (χ1) is 17.0. The van der Waals surface area contributed by atoms with Crippen LogP contribution in [0.3, 0.4) is 0 Å². The Morgan fingerprint density at radius 1 is 1.11 bits per heavy atom. The normalized spacial score (nSPS) is 16.1. The summed E-state index contributed by atoms with van der Waals surface area (Å²) >= 11 is 10.9. The van der Waals surface area contributed by atoms with Crippen molar-refractivity contribution in [1.29, 1.82) is 0 Å². The monoisotopic (exact) mass is 588 g/mol. The molecule has 0 spiro atoms. The van der Waals surface area contributed by atoms with Crippen LogP contribution in [0.2, 0.25) is 5.02 Å². The number of fused-ring (bicyclic) bond motifs is 1. The molecule has 0 saturated carbocycles. The number of amides is 2. The molecule has 1 aliphatic carbocycles. The molecule has 0 bridgehead atoms. The predicted molar refractivity (Wildman–Crippen MR) is 152 cm³/mol. The van der Waals surface area contributed by atoms with Crippen LogP contribution < -0.4 is 15.4 Å². The molecular formula is C28H30BrClN2O3S. The van der Waals surface area contributed by atoms with Crippen LogP contribution in [-0.2, 0) is 17.6 Å². The summed E-state index contributed by atoms with van der Waals surface area (Å²) in [6.07, 6.45) is 1.95. The Hall–Kier alpha value is -2.35. The van der Waals surface area contributed by atoms with Crippen molar-refractivity contribution in [3.8, 4) is 5.75 Å². The summed E-state index contributed by atoms with van der Waals surface area (Å²) in [5.41, 5.74) is 2.43. The van der Waals surface area contributed by atoms with E-state index in [2.05, 4.69) is 47.3 Å². The minimum Gasteiger partial charge on any atom is -0.481 e. The number of nitrogens with one attached hydrogen (secondary N) is 2. The van der Waals surface area contributed by atoms with Gasteiger partial charge in [-0.05, 0) is 95.4 Å². The molecule has 190 valence electrons. The highest BCUT2D eigenvalue weighted by molar-refractivity contribution is 9.10. The number of thiophene rings is 1. The molecule has 0 saturated heterocycles. The summed E-state index contributed by atoms with van der Waals surface area (Å²) < 4.78 is 6.60. The number of anilines is 2. The van der Waals surface area contributed by atoms with Gasteiger partial charge in [0.15, 0.2) is 6.10 Å². The summed E-state index contributed by atoms with van der Waals surface area (Å²) in [6.45, 7) is 8.47. The summed E-state index contributed by atoms with van der Waals surface area (Å²) in [4.78, 5) is 27.8. The SMILES string of the molecule is CC(Oc1ccc(Cl)cc1)C(=O)Nc1sc2c(c1C(=O)Nc1ccccc1Br)CCC(C(C)(C)C)C2. The van der Waals surface area contributed by atoms with Gasteiger partial charge in [-0.2, -0.15) is 0 Å². The fourth-order valence-corrected chi connectivity index (χ4v) is 6.22. The third kappa shape index (κ3) is 6.13. The van der Waals surface area contributed by atoms with Gasteiger partial charge in [0.2, 0.25) is 0 Å². The van der Waals surface area contributed by atoms with Crippen molar-refractivity contribution in [3.05, 3.63) is 74.0 Å². The first-order valence-electron chi connectivity index (χ1n) is 12.0. The van der Waals surface area contributed by atoms with Gasteiger partial charge in [0.05, 0.1) is 11.3 Å². The number of rotatable bonds is 6. The van der Waals surface area contributed by atoms with E-state index in [0.717, 1.165) is 29.3 Å². The maximum atomic E-state index is 13.6. The molecule has 36 heavy (non-hydrogen) atoms. The Balaban J connectivity index is 1.61. The van der Waals surface area contributed by atoms with Crippen LogP contribution >= 0.6 is 38.9 Å². The zero-order chi connectivity index (χ0) is 26.0.